The van der Waals surface area contributed by atoms with E-state index >= 15 is 0 Å². The number of nitrogens with one attached hydrogen (secondary N) is 1. The third kappa shape index (κ3) is 4.35. The second-order valence-electron chi connectivity index (χ2n) is 4.49. The summed E-state index contributed by atoms with van der Waals surface area (Å²) in [6.45, 7) is 0.121. The Morgan fingerprint density at radius 2 is 2.05 bits per heavy atom. The first-order valence-electron chi connectivity index (χ1n) is 6.10. The first-order valence-corrected chi connectivity index (χ1v) is 6.10. The number of rotatable bonds is 3. The van der Waals surface area contributed by atoms with E-state index in [2.05, 4.69) is 5.32 Å². The molecule has 0 atom stereocenters. The Hall–Kier alpha value is -1.91. The lowest BCUT2D eigenvalue weighted by atomic mass is 10.0. The van der Waals surface area contributed by atoms with Gasteiger partial charge >= 0.3 is 6.09 Å². The molecule has 0 heterocycles. The molecule has 0 aromatic heterocycles. The van der Waals surface area contributed by atoms with Gasteiger partial charge in [0.1, 0.15) is 6.61 Å². The van der Waals surface area contributed by atoms with Gasteiger partial charge in [0.05, 0.1) is 6.42 Å². The number of alkyl carbamates (subject to hydrolysis) is 1. The van der Waals surface area contributed by atoms with Crippen molar-refractivity contribution in [2.75, 3.05) is 0 Å². The van der Waals surface area contributed by atoms with Crippen LogP contribution in [0.3, 0.4) is 0 Å². The molecule has 1 amide bonds. The Kier molecular flexibility index (Phi) is 4.14. The SMILES string of the molecule is O=C(NC1=CCCC(F)(F)C1)OCc1ccccc1. The lowest BCUT2D eigenvalue weighted by Crippen LogP contribution is -2.30. The van der Waals surface area contributed by atoms with Crippen LogP contribution >= 0.6 is 0 Å². The maximum Gasteiger partial charge on any atom is 0.411 e. The quantitative estimate of drug-likeness (QED) is 0.908. The van der Waals surface area contributed by atoms with Crippen molar-refractivity contribution in [2.45, 2.75) is 31.8 Å². The molecule has 3 nitrogen and oxygen atoms in total. The lowest BCUT2D eigenvalue weighted by Gasteiger charge is -2.22. The number of halogens is 2. The summed E-state index contributed by atoms with van der Waals surface area (Å²) in [4.78, 5) is 11.5. The number of hydrogen-bond acceptors (Lipinski definition) is 2. The molecule has 0 saturated heterocycles. The van der Waals surface area contributed by atoms with E-state index in [1.165, 1.54) is 0 Å². The van der Waals surface area contributed by atoms with E-state index < -0.39 is 18.4 Å². The predicted molar refractivity (Wildman–Crippen MR) is 66.6 cm³/mol. The number of alkyl halides is 2. The molecule has 0 aliphatic heterocycles. The van der Waals surface area contributed by atoms with Gasteiger partial charge in [0, 0.05) is 12.1 Å². The third-order valence-electron chi connectivity index (χ3n) is 2.83. The average Bonchev–Trinajstić information content (AvgIpc) is 2.36. The monoisotopic (exact) mass is 267 g/mol. The van der Waals surface area contributed by atoms with Crippen LogP contribution in [0.5, 0.6) is 0 Å². The van der Waals surface area contributed by atoms with Gasteiger partial charge in [0.2, 0.25) is 0 Å². The molecule has 1 aliphatic rings. The van der Waals surface area contributed by atoms with Crippen LogP contribution in [-0.4, -0.2) is 12.0 Å². The summed E-state index contributed by atoms with van der Waals surface area (Å²) in [6, 6.07) is 9.17. The highest BCUT2D eigenvalue weighted by Crippen LogP contribution is 2.31. The van der Waals surface area contributed by atoms with Crippen LogP contribution in [0, 0.1) is 0 Å². The largest absolute Gasteiger partial charge is 0.444 e. The Morgan fingerprint density at radius 1 is 1.32 bits per heavy atom. The van der Waals surface area contributed by atoms with E-state index in [9.17, 15) is 13.6 Å². The zero-order valence-electron chi connectivity index (χ0n) is 10.4. The molecule has 102 valence electrons. The normalized spacial score (nSPS) is 17.5. The average molecular weight is 267 g/mol. The fraction of sp³-hybridized carbons (Fsp3) is 0.357. The van der Waals surface area contributed by atoms with E-state index in [0.717, 1.165) is 5.56 Å². The summed E-state index contributed by atoms with van der Waals surface area (Å²) in [5, 5.41) is 2.36. The first kappa shape index (κ1) is 13.5. The topological polar surface area (TPSA) is 38.3 Å². The molecule has 1 aromatic carbocycles. The van der Waals surface area contributed by atoms with Crippen molar-refractivity contribution >= 4 is 6.09 Å². The van der Waals surface area contributed by atoms with E-state index in [1.54, 1.807) is 6.08 Å². The minimum absolute atomic E-state index is 0.121. The molecule has 0 radical (unpaired) electrons. The van der Waals surface area contributed by atoms with Gasteiger partial charge in [0.25, 0.3) is 5.92 Å². The van der Waals surface area contributed by atoms with Crippen LogP contribution in [0.2, 0.25) is 0 Å². The van der Waals surface area contributed by atoms with Crippen LogP contribution in [0.4, 0.5) is 13.6 Å². The van der Waals surface area contributed by atoms with Crippen LogP contribution < -0.4 is 5.32 Å². The molecule has 0 bridgehead atoms. The summed E-state index contributed by atoms with van der Waals surface area (Å²) < 4.78 is 31.2. The molecule has 1 aromatic rings. The molecule has 0 saturated carbocycles. The van der Waals surface area contributed by atoms with Crippen LogP contribution in [0.1, 0.15) is 24.8 Å². The summed E-state index contributed by atoms with van der Waals surface area (Å²) in [5.41, 5.74) is 1.08. The number of ether oxygens (including phenoxy) is 1. The smallest absolute Gasteiger partial charge is 0.411 e. The second-order valence-corrected chi connectivity index (χ2v) is 4.49. The summed E-state index contributed by atoms with van der Waals surface area (Å²) in [6.07, 6.45) is 0.570. The fourth-order valence-electron chi connectivity index (χ4n) is 1.88. The molecule has 2 rings (SSSR count). The van der Waals surface area contributed by atoms with Gasteiger partial charge in [-0.1, -0.05) is 36.4 Å². The van der Waals surface area contributed by atoms with Crippen LogP contribution in [0.25, 0.3) is 0 Å². The summed E-state index contributed by atoms with van der Waals surface area (Å²) >= 11 is 0. The molecular formula is C14H15F2NO2. The van der Waals surface area contributed by atoms with Crippen molar-refractivity contribution in [2.24, 2.45) is 0 Å². The van der Waals surface area contributed by atoms with Gasteiger partial charge in [-0.2, -0.15) is 0 Å². The first-order chi connectivity index (χ1) is 9.05. The number of carbonyl (C=O) groups is 1. The van der Waals surface area contributed by atoms with Gasteiger partial charge < -0.3 is 4.74 Å². The van der Waals surface area contributed by atoms with Crippen molar-refractivity contribution < 1.29 is 18.3 Å². The highest BCUT2D eigenvalue weighted by molar-refractivity contribution is 5.69. The highest BCUT2D eigenvalue weighted by Gasteiger charge is 2.32. The van der Waals surface area contributed by atoms with E-state index in [4.69, 9.17) is 4.74 Å². The van der Waals surface area contributed by atoms with Crippen LogP contribution in [0.15, 0.2) is 42.1 Å². The van der Waals surface area contributed by atoms with Crippen molar-refractivity contribution in [3.8, 4) is 0 Å². The van der Waals surface area contributed by atoms with E-state index in [0.29, 0.717) is 0 Å². The van der Waals surface area contributed by atoms with Crippen molar-refractivity contribution in [3.05, 3.63) is 47.7 Å². The fourth-order valence-corrected chi connectivity index (χ4v) is 1.88. The number of allylic oxidation sites excluding steroid dienone is 2. The number of amides is 1. The molecule has 1 N–H and O–H groups in total. The Labute approximate surface area is 110 Å². The molecule has 0 fully saturated rings. The molecule has 0 unspecified atom stereocenters. The minimum Gasteiger partial charge on any atom is -0.444 e. The van der Waals surface area contributed by atoms with Gasteiger partial charge in [-0.3, -0.25) is 5.32 Å². The number of carbonyl (C=O) groups excluding carboxylic acids is 1. The maximum atomic E-state index is 13.1. The number of benzene rings is 1. The predicted octanol–water partition coefficient (Wildman–Crippen LogP) is 3.62. The Balaban J connectivity index is 1.80. The minimum atomic E-state index is -2.74. The third-order valence-corrected chi connectivity index (χ3v) is 2.83. The Bertz CT molecular complexity index is 472. The Morgan fingerprint density at radius 3 is 2.74 bits per heavy atom. The van der Waals surface area contributed by atoms with Crippen molar-refractivity contribution in [3.63, 3.8) is 0 Å². The van der Waals surface area contributed by atoms with Gasteiger partial charge in [-0.15, -0.1) is 0 Å². The second kappa shape index (κ2) is 5.82. The van der Waals surface area contributed by atoms with Crippen molar-refractivity contribution in [1.29, 1.82) is 0 Å². The molecular weight excluding hydrogens is 252 g/mol. The summed E-state index contributed by atoms with van der Waals surface area (Å²) in [5.74, 6) is -2.74. The molecule has 1 aliphatic carbocycles. The van der Waals surface area contributed by atoms with Crippen LogP contribution in [-0.2, 0) is 11.3 Å². The molecule has 19 heavy (non-hydrogen) atoms. The number of hydrogen-bond donors (Lipinski definition) is 1. The molecule has 0 spiro atoms. The standard InChI is InChI=1S/C14H15F2NO2/c15-14(16)8-4-7-12(9-14)17-13(18)19-10-11-5-2-1-3-6-11/h1-3,5-7H,4,8-10H2,(H,17,18). The van der Waals surface area contributed by atoms with Gasteiger partial charge in [0.15, 0.2) is 0 Å². The van der Waals surface area contributed by atoms with Gasteiger partial charge in [-0.05, 0) is 12.0 Å². The highest BCUT2D eigenvalue weighted by atomic mass is 19.3. The van der Waals surface area contributed by atoms with Crippen molar-refractivity contribution in [1.82, 2.24) is 5.32 Å². The van der Waals surface area contributed by atoms with E-state index in [1.807, 2.05) is 30.3 Å². The van der Waals surface area contributed by atoms with E-state index in [-0.39, 0.29) is 25.1 Å². The molecule has 5 heteroatoms. The lowest BCUT2D eigenvalue weighted by molar-refractivity contribution is -0.0121. The van der Waals surface area contributed by atoms with Gasteiger partial charge in [-0.25, -0.2) is 13.6 Å². The zero-order valence-corrected chi connectivity index (χ0v) is 10.4. The maximum absolute atomic E-state index is 13.1. The zero-order chi connectivity index (χ0) is 13.7. The summed E-state index contributed by atoms with van der Waals surface area (Å²) in [7, 11) is 0.